The van der Waals surface area contributed by atoms with E-state index in [9.17, 15) is 0 Å². The lowest BCUT2D eigenvalue weighted by atomic mass is 10.1. The summed E-state index contributed by atoms with van der Waals surface area (Å²) in [6.07, 6.45) is 8.60. The molecule has 0 aliphatic heterocycles. The molecule has 8 heteroatoms. The number of hydrogen-bond acceptors (Lipinski definition) is 7. The Kier molecular flexibility index (Phi) is 16.3. The van der Waals surface area contributed by atoms with Gasteiger partial charge in [-0.25, -0.2) is 4.67 Å². The van der Waals surface area contributed by atoms with E-state index < -0.39 is 8.53 Å². The first-order valence-electron chi connectivity index (χ1n) is 13.0. The van der Waals surface area contributed by atoms with Crippen LogP contribution in [0.1, 0.15) is 79.1 Å². The van der Waals surface area contributed by atoms with Gasteiger partial charge in [-0.1, -0.05) is 21.6 Å². The lowest BCUT2D eigenvalue weighted by Gasteiger charge is -2.35. The Bertz CT molecular complexity index is 624. The monoisotopic (exact) mass is 528 g/mol. The van der Waals surface area contributed by atoms with Crippen LogP contribution in [0.3, 0.4) is 0 Å². The van der Waals surface area contributed by atoms with E-state index in [4.69, 9.17) is 19.0 Å². The normalized spacial score (nSPS) is 22.6. The van der Waals surface area contributed by atoms with Crippen molar-refractivity contribution in [1.29, 1.82) is 5.26 Å². The van der Waals surface area contributed by atoms with Gasteiger partial charge in [0.25, 0.3) is 8.53 Å². The number of rotatable bonds is 19. The first-order valence-corrected chi connectivity index (χ1v) is 16.7. The molecule has 2 aliphatic rings. The Hall–Kier alpha value is 0.0200. The summed E-state index contributed by atoms with van der Waals surface area (Å²) in [6, 6.07) is 2.84. The fourth-order valence-corrected chi connectivity index (χ4v) is 8.45. The molecule has 0 aromatic rings. The molecule has 1 saturated carbocycles. The van der Waals surface area contributed by atoms with Gasteiger partial charge in [-0.3, -0.25) is 0 Å². The third kappa shape index (κ3) is 11.8. The molecule has 1 unspecified atom stereocenters. The van der Waals surface area contributed by atoms with Crippen molar-refractivity contribution in [1.82, 2.24) is 4.67 Å². The number of hydrogen-bond donors (Lipinski definition) is 0. The molecule has 2 aliphatic carbocycles. The number of fused-ring (bicyclic) bond motifs is 1. The topological polar surface area (TPSA) is 54.7 Å². The number of nitriles is 1. The molecule has 34 heavy (non-hydrogen) atoms. The zero-order valence-electron chi connectivity index (χ0n) is 21.7. The highest BCUT2D eigenvalue weighted by Gasteiger charge is 2.47. The van der Waals surface area contributed by atoms with Gasteiger partial charge in [0.05, 0.1) is 25.7 Å². The molecule has 194 valence electrons. The van der Waals surface area contributed by atoms with Crippen LogP contribution in [-0.4, -0.2) is 54.7 Å². The highest BCUT2D eigenvalue weighted by atomic mass is 33.1. The Labute approximate surface area is 218 Å². The van der Waals surface area contributed by atoms with E-state index in [1.807, 2.05) is 21.6 Å². The average Bonchev–Trinajstić information content (AvgIpc) is 3.42. The van der Waals surface area contributed by atoms with E-state index in [2.05, 4.69) is 50.3 Å². The van der Waals surface area contributed by atoms with Gasteiger partial charge in [-0.15, -0.1) is 11.8 Å². The minimum absolute atomic E-state index is 0.345. The molecule has 0 bridgehead atoms. The first-order chi connectivity index (χ1) is 16.6. The lowest BCUT2D eigenvalue weighted by Crippen LogP contribution is -2.33. The molecule has 5 nitrogen and oxygen atoms in total. The number of ether oxygens (including phenoxy) is 1. The van der Waals surface area contributed by atoms with E-state index in [0.717, 1.165) is 68.2 Å². The van der Waals surface area contributed by atoms with E-state index in [0.29, 0.717) is 31.7 Å². The van der Waals surface area contributed by atoms with Crippen LogP contribution in [0.2, 0.25) is 0 Å². The van der Waals surface area contributed by atoms with Crippen molar-refractivity contribution in [2.45, 2.75) is 91.1 Å². The minimum atomic E-state index is -1.12. The molecule has 0 N–H and O–H groups in total. The van der Waals surface area contributed by atoms with Crippen LogP contribution in [0.15, 0.2) is 0 Å². The van der Waals surface area contributed by atoms with E-state index >= 15 is 0 Å². The second-order valence-corrected chi connectivity index (χ2v) is 13.7. The molecule has 0 aromatic carbocycles. The second-order valence-electron chi connectivity index (χ2n) is 9.55. The fourth-order valence-electron chi connectivity index (χ4n) is 4.70. The molecule has 0 radical (unpaired) electrons. The largest absolute Gasteiger partial charge is 0.381 e. The molecule has 0 heterocycles. The molecular formula is C26H45N2O3PS2. The van der Waals surface area contributed by atoms with Crippen LogP contribution >= 0.6 is 30.1 Å². The van der Waals surface area contributed by atoms with E-state index in [-0.39, 0.29) is 0 Å². The predicted molar refractivity (Wildman–Crippen MR) is 147 cm³/mol. The van der Waals surface area contributed by atoms with Gasteiger partial charge < -0.3 is 13.8 Å². The van der Waals surface area contributed by atoms with Crippen LogP contribution in [0.5, 0.6) is 0 Å². The van der Waals surface area contributed by atoms with Crippen LogP contribution in [0.25, 0.3) is 0 Å². The maximum absolute atomic E-state index is 8.80. The van der Waals surface area contributed by atoms with Crippen molar-refractivity contribution < 1.29 is 13.8 Å². The maximum Gasteiger partial charge on any atom is 0.259 e. The maximum atomic E-state index is 8.80. The van der Waals surface area contributed by atoms with Crippen LogP contribution in [0.4, 0.5) is 0 Å². The third-order valence-corrected chi connectivity index (χ3v) is 11.0. The first kappa shape index (κ1) is 30.2. The third-order valence-electron chi connectivity index (χ3n) is 6.27. The molecule has 0 amide bonds. The molecule has 0 spiro atoms. The van der Waals surface area contributed by atoms with Gasteiger partial charge in [-0.2, -0.15) is 5.26 Å². The highest BCUT2D eigenvalue weighted by molar-refractivity contribution is 8.76. The van der Waals surface area contributed by atoms with Crippen molar-refractivity contribution in [2.75, 3.05) is 37.9 Å². The highest BCUT2D eigenvalue weighted by Crippen LogP contribution is 2.54. The van der Waals surface area contributed by atoms with Crippen molar-refractivity contribution in [3.63, 3.8) is 0 Å². The lowest BCUT2D eigenvalue weighted by molar-refractivity contribution is 0.127. The Morgan fingerprint density at radius 1 is 0.912 bits per heavy atom. The quantitative estimate of drug-likeness (QED) is 0.0755. The van der Waals surface area contributed by atoms with Crippen LogP contribution in [0, 0.1) is 40.9 Å². The summed E-state index contributed by atoms with van der Waals surface area (Å²) in [5, 5.41) is 8.80. The summed E-state index contributed by atoms with van der Waals surface area (Å²) in [5.74, 6) is 11.6. The van der Waals surface area contributed by atoms with Crippen molar-refractivity contribution >= 4 is 30.1 Å². The molecule has 2 rings (SSSR count). The van der Waals surface area contributed by atoms with Gasteiger partial charge in [0, 0.05) is 49.6 Å². The van der Waals surface area contributed by atoms with Crippen LogP contribution < -0.4 is 0 Å². The van der Waals surface area contributed by atoms with Gasteiger partial charge >= 0.3 is 0 Å². The van der Waals surface area contributed by atoms with Crippen molar-refractivity contribution in [2.24, 2.45) is 17.8 Å². The summed E-state index contributed by atoms with van der Waals surface area (Å²) in [7, 11) is 2.74. The van der Waals surface area contributed by atoms with Gasteiger partial charge in [0.15, 0.2) is 0 Å². The van der Waals surface area contributed by atoms with Crippen LogP contribution in [-0.2, 0) is 13.8 Å². The van der Waals surface area contributed by atoms with Gasteiger partial charge in [-0.05, 0) is 77.6 Å². The van der Waals surface area contributed by atoms with Crippen molar-refractivity contribution in [3.8, 4) is 17.9 Å². The molecule has 1 fully saturated rings. The predicted octanol–water partition coefficient (Wildman–Crippen LogP) is 7.29. The Morgan fingerprint density at radius 3 is 2.09 bits per heavy atom. The summed E-state index contributed by atoms with van der Waals surface area (Å²) >= 11 is 0. The summed E-state index contributed by atoms with van der Waals surface area (Å²) in [4.78, 5) is 0. The van der Waals surface area contributed by atoms with Crippen molar-refractivity contribution in [3.05, 3.63) is 0 Å². The Balaban J connectivity index is 1.43. The molecular weight excluding hydrogens is 483 g/mol. The summed E-state index contributed by atoms with van der Waals surface area (Å²) in [5.41, 5.74) is 0. The minimum Gasteiger partial charge on any atom is -0.381 e. The van der Waals surface area contributed by atoms with Gasteiger partial charge in [0.2, 0.25) is 0 Å². The number of nitrogens with zero attached hydrogens (tertiary/aromatic N) is 2. The molecule has 4 atom stereocenters. The summed E-state index contributed by atoms with van der Waals surface area (Å²) in [6.45, 7) is 11.6. The summed E-state index contributed by atoms with van der Waals surface area (Å²) < 4.78 is 20.3. The second kappa shape index (κ2) is 18.3. The smallest absolute Gasteiger partial charge is 0.259 e. The zero-order valence-corrected chi connectivity index (χ0v) is 24.2. The van der Waals surface area contributed by atoms with Gasteiger partial charge in [0.1, 0.15) is 0 Å². The Morgan fingerprint density at radius 2 is 1.50 bits per heavy atom. The van der Waals surface area contributed by atoms with E-state index in [1.54, 1.807) is 0 Å². The SMILES string of the molecule is CC(C)N(C(C)C)P(OCCC#N)OCCCSSCCCOCC[C@H]1[C@@H]2CCC#CCC[C@@H]21. The molecule has 0 aromatic heterocycles. The standard InChI is InChI=1S/C26H45N2O3PS2/c1-22(2)28(23(3)4)32(30-17-9-15-27)31-18-11-21-34-33-20-10-16-29-19-14-26-24-12-7-5-6-8-13-25(24)26/h22-26H,7-14,16-21H2,1-4H3/t24-,25+,26+,32?. The zero-order chi connectivity index (χ0) is 24.6. The average molecular weight is 529 g/mol. The molecule has 0 saturated heterocycles. The fraction of sp³-hybridized carbons (Fsp3) is 0.885. The van der Waals surface area contributed by atoms with E-state index in [1.165, 1.54) is 19.3 Å².